The molecule has 26 heavy (non-hydrogen) atoms. The highest BCUT2D eigenvalue weighted by Crippen LogP contribution is 2.47. The van der Waals surface area contributed by atoms with E-state index in [-0.39, 0.29) is 0 Å². The van der Waals surface area contributed by atoms with E-state index in [2.05, 4.69) is 41.3 Å². The molecule has 0 radical (unpaired) electrons. The maximum atomic E-state index is 10.0. The van der Waals surface area contributed by atoms with Gasteiger partial charge in [0.05, 0.1) is 17.5 Å². The van der Waals surface area contributed by atoms with E-state index >= 15 is 0 Å². The number of anilines is 1. The first kappa shape index (κ1) is 15.3. The summed E-state index contributed by atoms with van der Waals surface area (Å²) in [6.07, 6.45) is 6.21. The molecule has 0 amide bonds. The first-order chi connectivity index (χ1) is 12.9. The van der Waals surface area contributed by atoms with Crippen molar-refractivity contribution in [2.45, 2.75) is 25.7 Å². The number of piperidine rings is 1. The lowest BCUT2D eigenvalue weighted by molar-refractivity contribution is 0.576. The molecule has 2 aromatic carbocycles. The Kier molecular flexibility index (Phi) is 3.57. The fraction of sp³-hybridized carbons (Fsp3) is 0.261. The summed E-state index contributed by atoms with van der Waals surface area (Å²) in [4.78, 5) is 2.39. The van der Waals surface area contributed by atoms with Crippen molar-refractivity contribution in [1.82, 2.24) is 0 Å². The molecule has 0 unspecified atom stereocenters. The van der Waals surface area contributed by atoms with Gasteiger partial charge in [-0.05, 0) is 59.7 Å². The number of benzene rings is 2. The van der Waals surface area contributed by atoms with Gasteiger partial charge in [0.15, 0.2) is 0 Å². The van der Waals surface area contributed by atoms with Crippen LogP contribution >= 0.6 is 0 Å². The summed E-state index contributed by atoms with van der Waals surface area (Å²) < 4.78 is 5.77. The molecule has 1 saturated heterocycles. The van der Waals surface area contributed by atoms with Crippen molar-refractivity contribution in [1.29, 1.82) is 5.26 Å². The molecular formula is C23H20N2O. The molecule has 3 nitrogen and oxygen atoms in total. The minimum atomic E-state index is 0.823. The third-order valence-electron chi connectivity index (χ3n) is 5.66. The Morgan fingerprint density at radius 3 is 2.58 bits per heavy atom. The Morgan fingerprint density at radius 1 is 0.962 bits per heavy atom. The van der Waals surface area contributed by atoms with Crippen molar-refractivity contribution in [2.75, 3.05) is 18.0 Å². The molecule has 0 atom stereocenters. The van der Waals surface area contributed by atoms with Crippen molar-refractivity contribution in [3.8, 4) is 28.5 Å². The molecule has 1 aromatic heterocycles. The van der Waals surface area contributed by atoms with Crippen molar-refractivity contribution in [2.24, 2.45) is 0 Å². The van der Waals surface area contributed by atoms with Crippen LogP contribution in [-0.2, 0) is 6.42 Å². The van der Waals surface area contributed by atoms with Crippen LogP contribution in [0, 0.1) is 11.3 Å². The number of rotatable bonds is 2. The van der Waals surface area contributed by atoms with E-state index in [4.69, 9.17) is 4.42 Å². The van der Waals surface area contributed by atoms with Gasteiger partial charge >= 0.3 is 0 Å². The van der Waals surface area contributed by atoms with Crippen LogP contribution in [0.25, 0.3) is 22.5 Å². The Balaban J connectivity index is 1.79. The summed E-state index contributed by atoms with van der Waals surface area (Å²) in [7, 11) is 0. The monoisotopic (exact) mass is 340 g/mol. The Bertz CT molecular complexity index is 1010. The van der Waals surface area contributed by atoms with Crippen molar-refractivity contribution >= 4 is 5.69 Å². The SMILES string of the molecule is N#Cc1c(N2CCCCC2)cc(-c2ccco2)c2c1Cc1ccccc1-2. The summed E-state index contributed by atoms with van der Waals surface area (Å²) in [5.74, 6) is 0.876. The molecule has 1 aliphatic carbocycles. The van der Waals surface area contributed by atoms with E-state index in [0.717, 1.165) is 47.6 Å². The third kappa shape index (κ3) is 2.26. The molecule has 1 aliphatic heterocycles. The Morgan fingerprint density at radius 2 is 1.81 bits per heavy atom. The number of furan rings is 1. The second-order valence-corrected chi connectivity index (χ2v) is 7.14. The van der Waals surface area contributed by atoms with E-state index < -0.39 is 0 Å². The Labute approximate surface area is 153 Å². The summed E-state index contributed by atoms with van der Waals surface area (Å²) in [6, 6.07) is 17.1. The van der Waals surface area contributed by atoms with Crippen molar-refractivity contribution in [3.63, 3.8) is 0 Å². The van der Waals surface area contributed by atoms with Crippen LogP contribution in [0.2, 0.25) is 0 Å². The van der Waals surface area contributed by atoms with Gasteiger partial charge in [-0.15, -0.1) is 0 Å². The van der Waals surface area contributed by atoms with Gasteiger partial charge in [0.25, 0.3) is 0 Å². The molecule has 3 heteroatoms. The van der Waals surface area contributed by atoms with Crippen LogP contribution in [0.15, 0.2) is 53.1 Å². The number of fused-ring (bicyclic) bond motifs is 3. The molecule has 3 aromatic rings. The van der Waals surface area contributed by atoms with E-state index in [1.165, 1.54) is 36.0 Å². The van der Waals surface area contributed by atoms with Crippen LogP contribution in [-0.4, -0.2) is 13.1 Å². The number of nitriles is 1. The fourth-order valence-corrected chi connectivity index (χ4v) is 4.45. The van der Waals surface area contributed by atoms with E-state index in [1.54, 1.807) is 6.26 Å². The van der Waals surface area contributed by atoms with E-state index in [1.807, 2.05) is 12.1 Å². The second kappa shape index (κ2) is 6.07. The Hall–Kier alpha value is -2.99. The lowest BCUT2D eigenvalue weighted by Crippen LogP contribution is -2.30. The van der Waals surface area contributed by atoms with Gasteiger partial charge in [-0.2, -0.15) is 5.26 Å². The second-order valence-electron chi connectivity index (χ2n) is 7.14. The van der Waals surface area contributed by atoms with Gasteiger partial charge < -0.3 is 9.32 Å². The zero-order valence-electron chi connectivity index (χ0n) is 14.7. The molecule has 0 N–H and O–H groups in total. The molecule has 0 spiro atoms. The van der Waals surface area contributed by atoms with Crippen LogP contribution in [0.4, 0.5) is 5.69 Å². The minimum absolute atomic E-state index is 0.823. The molecular weight excluding hydrogens is 320 g/mol. The molecule has 2 heterocycles. The van der Waals surface area contributed by atoms with Crippen LogP contribution < -0.4 is 4.90 Å². The largest absolute Gasteiger partial charge is 0.464 e. The van der Waals surface area contributed by atoms with E-state index in [9.17, 15) is 5.26 Å². The van der Waals surface area contributed by atoms with Gasteiger partial charge in [0.2, 0.25) is 0 Å². The van der Waals surface area contributed by atoms with Crippen LogP contribution in [0.3, 0.4) is 0 Å². The summed E-state index contributed by atoms with van der Waals surface area (Å²) >= 11 is 0. The minimum Gasteiger partial charge on any atom is -0.464 e. The van der Waals surface area contributed by atoms with Gasteiger partial charge in [-0.25, -0.2) is 0 Å². The molecule has 128 valence electrons. The smallest absolute Gasteiger partial charge is 0.134 e. The number of hydrogen-bond donors (Lipinski definition) is 0. The van der Waals surface area contributed by atoms with E-state index in [0.29, 0.717) is 0 Å². The van der Waals surface area contributed by atoms with Crippen molar-refractivity contribution < 1.29 is 4.42 Å². The van der Waals surface area contributed by atoms with Crippen molar-refractivity contribution in [3.05, 3.63) is 65.4 Å². The summed E-state index contributed by atoms with van der Waals surface area (Å²) in [6.45, 7) is 2.05. The zero-order valence-corrected chi connectivity index (χ0v) is 14.7. The van der Waals surface area contributed by atoms with Gasteiger partial charge in [-0.3, -0.25) is 0 Å². The average Bonchev–Trinajstić information content (AvgIpc) is 3.35. The third-order valence-corrected chi connectivity index (χ3v) is 5.66. The van der Waals surface area contributed by atoms with Gasteiger partial charge in [-0.1, -0.05) is 24.3 Å². The number of hydrogen-bond acceptors (Lipinski definition) is 3. The lowest BCUT2D eigenvalue weighted by Gasteiger charge is -2.31. The maximum Gasteiger partial charge on any atom is 0.134 e. The van der Waals surface area contributed by atoms with Gasteiger partial charge in [0, 0.05) is 25.1 Å². The van der Waals surface area contributed by atoms with Crippen LogP contribution in [0.5, 0.6) is 0 Å². The highest BCUT2D eigenvalue weighted by molar-refractivity contribution is 5.93. The van der Waals surface area contributed by atoms with Gasteiger partial charge in [0.1, 0.15) is 11.8 Å². The van der Waals surface area contributed by atoms with Crippen LogP contribution in [0.1, 0.15) is 36.0 Å². The highest BCUT2D eigenvalue weighted by atomic mass is 16.3. The first-order valence-corrected chi connectivity index (χ1v) is 9.34. The lowest BCUT2D eigenvalue weighted by atomic mass is 9.92. The zero-order chi connectivity index (χ0) is 17.5. The predicted octanol–water partition coefficient (Wildman–Crippen LogP) is 5.38. The molecule has 0 saturated carbocycles. The molecule has 2 aliphatic rings. The molecule has 1 fully saturated rings. The first-order valence-electron chi connectivity index (χ1n) is 9.34. The predicted molar refractivity (Wildman–Crippen MR) is 103 cm³/mol. The normalized spacial score (nSPS) is 15.4. The maximum absolute atomic E-state index is 10.0. The molecule has 5 rings (SSSR count). The standard InChI is InChI=1S/C23H20N2O/c24-15-20-18-13-16-7-2-3-8-17(16)23(18)19(22-9-6-12-26-22)14-21(20)25-10-4-1-5-11-25/h2-3,6-9,12,14H,1,4-5,10-11,13H2. The highest BCUT2D eigenvalue weighted by Gasteiger charge is 2.29. The summed E-state index contributed by atoms with van der Waals surface area (Å²) in [5.41, 5.74) is 7.88. The summed E-state index contributed by atoms with van der Waals surface area (Å²) in [5, 5.41) is 10.0. The molecule has 0 bridgehead atoms. The topological polar surface area (TPSA) is 40.2 Å². The average molecular weight is 340 g/mol. The quantitative estimate of drug-likeness (QED) is 0.492. The fourth-order valence-electron chi connectivity index (χ4n) is 4.45. The number of nitrogens with zero attached hydrogens (tertiary/aromatic N) is 2.